The van der Waals surface area contributed by atoms with Gasteiger partial charge in [-0.25, -0.2) is 4.98 Å². The Hall–Kier alpha value is -2.34. The minimum Gasteiger partial charge on any atom is -0.383 e. The number of anilines is 2. The molecule has 0 spiro atoms. The van der Waals surface area contributed by atoms with Crippen LogP contribution in [0.15, 0.2) is 60.7 Å². The van der Waals surface area contributed by atoms with Gasteiger partial charge in [-0.3, -0.25) is 4.90 Å². The molecule has 28 heavy (non-hydrogen) atoms. The highest BCUT2D eigenvalue weighted by molar-refractivity contribution is 5.88. The van der Waals surface area contributed by atoms with Crippen molar-refractivity contribution in [2.45, 2.75) is 0 Å². The lowest BCUT2D eigenvalue weighted by Gasteiger charge is -2.34. The van der Waals surface area contributed by atoms with Crippen molar-refractivity contribution in [1.82, 2.24) is 14.9 Å². The highest BCUT2D eigenvalue weighted by Crippen LogP contribution is 2.21. The molecule has 1 aliphatic rings. The van der Waals surface area contributed by atoms with E-state index in [-0.39, 0.29) is 24.8 Å². The number of benzene rings is 2. The molecule has 0 aliphatic carbocycles. The van der Waals surface area contributed by atoms with Gasteiger partial charge in [0.25, 0.3) is 0 Å². The van der Waals surface area contributed by atoms with Crippen LogP contribution in [0.1, 0.15) is 5.56 Å². The fourth-order valence-electron chi connectivity index (χ4n) is 3.26. The number of para-hydroxylation sites is 1. The number of piperazine rings is 1. The van der Waals surface area contributed by atoms with E-state index in [1.807, 2.05) is 30.3 Å². The molecule has 5 nitrogen and oxygen atoms in total. The van der Waals surface area contributed by atoms with Gasteiger partial charge in [-0.15, -0.1) is 24.8 Å². The first-order valence-corrected chi connectivity index (χ1v) is 9.01. The zero-order chi connectivity index (χ0) is 17.8. The molecule has 148 valence electrons. The molecule has 1 aliphatic heterocycles. The van der Waals surface area contributed by atoms with Crippen molar-refractivity contribution in [3.05, 3.63) is 66.2 Å². The van der Waals surface area contributed by atoms with Crippen LogP contribution in [0.2, 0.25) is 0 Å². The number of hydrogen-bond acceptors (Lipinski definition) is 5. The molecule has 0 bridgehead atoms. The molecule has 1 aromatic heterocycles. The molecule has 0 saturated carbocycles. The molecule has 0 radical (unpaired) electrons. The van der Waals surface area contributed by atoms with Gasteiger partial charge in [0, 0.05) is 38.1 Å². The molecular weight excluding hydrogens is 393 g/mol. The first kappa shape index (κ1) is 22.0. The van der Waals surface area contributed by atoms with Gasteiger partial charge < -0.3 is 10.6 Å². The summed E-state index contributed by atoms with van der Waals surface area (Å²) in [6, 6.07) is 18.3. The number of nitrogens with zero attached hydrogens (tertiary/aromatic N) is 4. The second kappa shape index (κ2) is 10.3. The molecular formula is C21H25Cl2N5. The third-order valence-electron chi connectivity index (χ3n) is 4.75. The van der Waals surface area contributed by atoms with Crippen LogP contribution >= 0.6 is 24.8 Å². The van der Waals surface area contributed by atoms with Crippen LogP contribution in [0.4, 0.5) is 11.8 Å². The van der Waals surface area contributed by atoms with Crippen molar-refractivity contribution in [2.24, 2.45) is 0 Å². The van der Waals surface area contributed by atoms with Gasteiger partial charge in [0.1, 0.15) is 5.82 Å². The highest BCUT2D eigenvalue weighted by atomic mass is 35.5. The number of nitrogen functional groups attached to an aromatic ring is 1. The van der Waals surface area contributed by atoms with Crippen molar-refractivity contribution >= 4 is 53.6 Å². The van der Waals surface area contributed by atoms with Crippen LogP contribution in [0.25, 0.3) is 17.0 Å². The number of fused-ring (bicyclic) bond motifs is 1. The summed E-state index contributed by atoms with van der Waals surface area (Å²) in [5.74, 6) is 1.29. The Morgan fingerprint density at radius 1 is 0.857 bits per heavy atom. The van der Waals surface area contributed by atoms with E-state index in [4.69, 9.17) is 5.73 Å². The van der Waals surface area contributed by atoms with Gasteiger partial charge in [0.05, 0.1) is 5.52 Å². The maximum atomic E-state index is 6.11. The lowest BCUT2D eigenvalue weighted by molar-refractivity contribution is 0.283. The summed E-state index contributed by atoms with van der Waals surface area (Å²) in [5, 5.41) is 0.918. The third-order valence-corrected chi connectivity index (χ3v) is 4.75. The van der Waals surface area contributed by atoms with E-state index >= 15 is 0 Å². The van der Waals surface area contributed by atoms with Gasteiger partial charge in [0.2, 0.25) is 5.95 Å². The van der Waals surface area contributed by atoms with E-state index < -0.39 is 0 Å². The van der Waals surface area contributed by atoms with Crippen molar-refractivity contribution in [2.75, 3.05) is 43.4 Å². The summed E-state index contributed by atoms with van der Waals surface area (Å²) in [4.78, 5) is 13.9. The van der Waals surface area contributed by atoms with Gasteiger partial charge in [-0.2, -0.15) is 4.98 Å². The minimum absolute atomic E-state index is 0. The number of aromatic nitrogens is 2. The Bertz CT molecular complexity index is 909. The van der Waals surface area contributed by atoms with Crippen molar-refractivity contribution in [1.29, 1.82) is 0 Å². The molecule has 2 aromatic carbocycles. The molecule has 3 aromatic rings. The second-order valence-electron chi connectivity index (χ2n) is 6.53. The summed E-state index contributed by atoms with van der Waals surface area (Å²) >= 11 is 0. The average molecular weight is 418 g/mol. The fourth-order valence-corrected chi connectivity index (χ4v) is 3.26. The van der Waals surface area contributed by atoms with Crippen molar-refractivity contribution in [3.8, 4) is 0 Å². The quantitative estimate of drug-likeness (QED) is 0.697. The predicted molar refractivity (Wildman–Crippen MR) is 123 cm³/mol. The molecule has 0 unspecified atom stereocenters. The van der Waals surface area contributed by atoms with E-state index in [9.17, 15) is 0 Å². The second-order valence-corrected chi connectivity index (χ2v) is 6.53. The summed E-state index contributed by atoms with van der Waals surface area (Å²) in [6.07, 6.45) is 4.41. The van der Waals surface area contributed by atoms with E-state index in [2.05, 4.69) is 56.2 Å². The molecule has 2 N–H and O–H groups in total. The lowest BCUT2D eigenvalue weighted by atomic mass is 10.2. The first-order valence-electron chi connectivity index (χ1n) is 9.01. The fraction of sp³-hybridized carbons (Fsp3) is 0.238. The Balaban J connectivity index is 0.00000140. The van der Waals surface area contributed by atoms with Crippen LogP contribution in [0.3, 0.4) is 0 Å². The Morgan fingerprint density at radius 2 is 1.54 bits per heavy atom. The van der Waals surface area contributed by atoms with Gasteiger partial charge in [-0.05, 0) is 17.7 Å². The maximum absolute atomic E-state index is 6.11. The van der Waals surface area contributed by atoms with Crippen LogP contribution < -0.4 is 10.6 Å². The first-order chi connectivity index (χ1) is 12.8. The lowest BCUT2D eigenvalue weighted by Crippen LogP contribution is -2.47. The smallest absolute Gasteiger partial charge is 0.227 e. The van der Waals surface area contributed by atoms with Crippen LogP contribution in [0.5, 0.6) is 0 Å². The van der Waals surface area contributed by atoms with Crippen LogP contribution in [-0.2, 0) is 0 Å². The van der Waals surface area contributed by atoms with E-state index in [1.54, 1.807) is 0 Å². The topological polar surface area (TPSA) is 58.3 Å². The molecule has 1 fully saturated rings. The Kier molecular flexibility index (Phi) is 8.05. The molecule has 0 atom stereocenters. The van der Waals surface area contributed by atoms with Gasteiger partial charge in [-0.1, -0.05) is 54.6 Å². The number of hydrogen-bond donors (Lipinski definition) is 1. The maximum Gasteiger partial charge on any atom is 0.227 e. The Labute approximate surface area is 178 Å². The average Bonchev–Trinajstić information content (AvgIpc) is 2.69. The monoisotopic (exact) mass is 417 g/mol. The molecule has 2 heterocycles. The number of halogens is 2. The largest absolute Gasteiger partial charge is 0.383 e. The number of nitrogens with two attached hydrogens (primary N) is 1. The number of rotatable bonds is 4. The Morgan fingerprint density at radius 3 is 2.29 bits per heavy atom. The van der Waals surface area contributed by atoms with E-state index in [1.165, 1.54) is 5.56 Å². The molecule has 0 amide bonds. The summed E-state index contributed by atoms with van der Waals surface area (Å²) in [6.45, 7) is 4.78. The zero-order valence-corrected chi connectivity index (χ0v) is 17.2. The predicted octanol–water partition coefficient (Wildman–Crippen LogP) is 3.89. The van der Waals surface area contributed by atoms with Crippen LogP contribution in [0, 0.1) is 0 Å². The normalized spacial score (nSPS) is 14.6. The van der Waals surface area contributed by atoms with Crippen molar-refractivity contribution in [3.63, 3.8) is 0 Å². The summed E-state index contributed by atoms with van der Waals surface area (Å²) < 4.78 is 0. The molecule has 4 rings (SSSR count). The van der Waals surface area contributed by atoms with E-state index in [0.29, 0.717) is 5.82 Å². The summed E-state index contributed by atoms with van der Waals surface area (Å²) in [5.41, 5.74) is 8.26. The minimum atomic E-state index is 0. The van der Waals surface area contributed by atoms with Gasteiger partial charge in [0.15, 0.2) is 0 Å². The summed E-state index contributed by atoms with van der Waals surface area (Å²) in [7, 11) is 0. The van der Waals surface area contributed by atoms with E-state index in [0.717, 1.165) is 49.6 Å². The standard InChI is InChI=1S/C21H23N5.2ClH/c22-20-18-10-4-5-11-19(18)23-21(24-20)26-15-13-25(14-16-26)12-6-9-17-7-2-1-3-8-17;;/h1-11H,12-16H2,(H2,22,23,24);2*1H/b9-6+;;. The molecule has 7 heteroatoms. The third kappa shape index (κ3) is 5.13. The van der Waals surface area contributed by atoms with Crippen LogP contribution in [-0.4, -0.2) is 47.6 Å². The molecule has 1 saturated heterocycles. The SMILES string of the molecule is Cl.Cl.Nc1nc(N2CCN(C/C=C/c3ccccc3)CC2)nc2ccccc12. The van der Waals surface area contributed by atoms with Gasteiger partial charge >= 0.3 is 0 Å². The van der Waals surface area contributed by atoms with Crippen molar-refractivity contribution < 1.29 is 0 Å². The zero-order valence-electron chi connectivity index (χ0n) is 15.6. The highest BCUT2D eigenvalue weighted by Gasteiger charge is 2.19.